The number of rotatable bonds is 3. The monoisotopic (exact) mass is 268 g/mol. The van der Waals surface area contributed by atoms with Crippen molar-refractivity contribution >= 4 is 11.6 Å². The summed E-state index contributed by atoms with van der Waals surface area (Å²) in [6.45, 7) is 0. The molecule has 0 unspecified atom stereocenters. The zero-order chi connectivity index (χ0) is 13.1. The topological polar surface area (TPSA) is 17.8 Å². The Hall–Kier alpha value is -2.06. The zero-order valence-corrected chi connectivity index (χ0v) is 11.1. The summed E-state index contributed by atoms with van der Waals surface area (Å²) in [5.41, 5.74) is 4.34. The molecule has 0 aliphatic carbocycles. The standard InChI is InChI=1S/C16H13ClN2/c17-12-15-10-11-19(18-15)16-8-6-14(7-9-16)13-4-2-1-3-5-13/h1-11H,12H2. The largest absolute Gasteiger partial charge is 0.241 e. The summed E-state index contributed by atoms with van der Waals surface area (Å²) in [4.78, 5) is 0. The van der Waals surface area contributed by atoms with Crippen LogP contribution in [0.15, 0.2) is 66.9 Å². The third-order valence-electron chi connectivity index (χ3n) is 3.02. The van der Waals surface area contributed by atoms with E-state index in [1.165, 1.54) is 11.1 Å². The molecule has 0 fully saturated rings. The predicted molar refractivity (Wildman–Crippen MR) is 78.6 cm³/mol. The van der Waals surface area contributed by atoms with Crippen molar-refractivity contribution in [2.24, 2.45) is 0 Å². The molecule has 0 aliphatic heterocycles. The van der Waals surface area contributed by atoms with Crippen LogP contribution in [-0.4, -0.2) is 9.78 Å². The van der Waals surface area contributed by atoms with Gasteiger partial charge in [-0.1, -0.05) is 42.5 Å². The van der Waals surface area contributed by atoms with E-state index in [9.17, 15) is 0 Å². The Morgan fingerprint density at radius 1 is 0.842 bits per heavy atom. The van der Waals surface area contributed by atoms with Gasteiger partial charge in [0, 0.05) is 6.20 Å². The van der Waals surface area contributed by atoms with Crippen molar-refractivity contribution in [3.05, 3.63) is 72.6 Å². The van der Waals surface area contributed by atoms with Crippen LogP contribution in [-0.2, 0) is 5.88 Å². The molecular formula is C16H13ClN2. The Labute approximate surface area is 117 Å². The molecule has 2 aromatic carbocycles. The minimum atomic E-state index is 0.440. The van der Waals surface area contributed by atoms with Crippen molar-refractivity contribution in [2.45, 2.75) is 5.88 Å². The van der Waals surface area contributed by atoms with Crippen LogP contribution in [0.4, 0.5) is 0 Å². The second-order valence-corrected chi connectivity index (χ2v) is 4.57. The van der Waals surface area contributed by atoms with Crippen LogP contribution in [0.5, 0.6) is 0 Å². The van der Waals surface area contributed by atoms with Gasteiger partial charge in [-0.2, -0.15) is 5.10 Å². The number of benzene rings is 2. The Morgan fingerprint density at radius 3 is 2.16 bits per heavy atom. The lowest BCUT2D eigenvalue weighted by Gasteiger charge is -2.04. The summed E-state index contributed by atoms with van der Waals surface area (Å²) in [6.07, 6.45) is 1.93. The lowest BCUT2D eigenvalue weighted by Crippen LogP contribution is -1.95. The van der Waals surface area contributed by atoms with Gasteiger partial charge in [-0.05, 0) is 29.3 Å². The number of hydrogen-bond acceptors (Lipinski definition) is 1. The molecule has 0 saturated carbocycles. The molecule has 0 bridgehead atoms. The van der Waals surface area contributed by atoms with Gasteiger partial charge in [0.05, 0.1) is 17.3 Å². The van der Waals surface area contributed by atoms with Gasteiger partial charge in [-0.25, -0.2) is 4.68 Å². The van der Waals surface area contributed by atoms with E-state index in [4.69, 9.17) is 11.6 Å². The highest BCUT2D eigenvalue weighted by Gasteiger charge is 2.01. The van der Waals surface area contributed by atoms with Crippen molar-refractivity contribution in [2.75, 3.05) is 0 Å². The molecular weight excluding hydrogens is 256 g/mol. The first-order chi connectivity index (χ1) is 9.36. The molecule has 94 valence electrons. The molecule has 0 atom stereocenters. The number of nitrogens with zero attached hydrogens (tertiary/aromatic N) is 2. The van der Waals surface area contributed by atoms with Crippen LogP contribution in [0.2, 0.25) is 0 Å². The maximum atomic E-state index is 5.76. The summed E-state index contributed by atoms with van der Waals surface area (Å²) in [5.74, 6) is 0.440. The molecule has 0 saturated heterocycles. The van der Waals surface area contributed by atoms with Crippen molar-refractivity contribution < 1.29 is 0 Å². The minimum absolute atomic E-state index is 0.440. The van der Waals surface area contributed by atoms with Gasteiger partial charge in [-0.15, -0.1) is 11.6 Å². The van der Waals surface area contributed by atoms with Crippen molar-refractivity contribution in [1.29, 1.82) is 0 Å². The quantitative estimate of drug-likeness (QED) is 0.649. The van der Waals surface area contributed by atoms with Crippen molar-refractivity contribution in [3.8, 4) is 16.8 Å². The fraction of sp³-hybridized carbons (Fsp3) is 0.0625. The minimum Gasteiger partial charge on any atom is -0.241 e. The van der Waals surface area contributed by atoms with E-state index in [1.807, 2.05) is 35.1 Å². The van der Waals surface area contributed by atoms with E-state index in [2.05, 4.69) is 41.5 Å². The molecule has 0 aliphatic rings. The SMILES string of the molecule is ClCc1ccn(-c2ccc(-c3ccccc3)cc2)n1. The average molecular weight is 269 g/mol. The predicted octanol–water partition coefficient (Wildman–Crippen LogP) is 4.28. The van der Waals surface area contributed by atoms with Gasteiger partial charge >= 0.3 is 0 Å². The normalized spacial score (nSPS) is 10.6. The third kappa shape index (κ3) is 2.54. The van der Waals surface area contributed by atoms with E-state index in [-0.39, 0.29) is 0 Å². The second kappa shape index (κ2) is 5.29. The Bertz CT molecular complexity index is 657. The van der Waals surface area contributed by atoms with E-state index >= 15 is 0 Å². The molecule has 0 N–H and O–H groups in total. The van der Waals surface area contributed by atoms with Gasteiger partial charge < -0.3 is 0 Å². The maximum Gasteiger partial charge on any atom is 0.0776 e. The maximum absolute atomic E-state index is 5.76. The van der Waals surface area contributed by atoms with Crippen LogP contribution in [0.3, 0.4) is 0 Å². The lowest BCUT2D eigenvalue weighted by atomic mass is 10.1. The van der Waals surface area contributed by atoms with Crippen LogP contribution < -0.4 is 0 Å². The fourth-order valence-corrected chi connectivity index (χ4v) is 2.16. The second-order valence-electron chi connectivity index (χ2n) is 4.30. The fourth-order valence-electron chi connectivity index (χ4n) is 2.01. The molecule has 3 rings (SSSR count). The summed E-state index contributed by atoms with van der Waals surface area (Å²) >= 11 is 5.76. The third-order valence-corrected chi connectivity index (χ3v) is 3.29. The van der Waals surface area contributed by atoms with E-state index < -0.39 is 0 Å². The number of hydrogen-bond donors (Lipinski definition) is 0. The molecule has 3 heteroatoms. The molecule has 19 heavy (non-hydrogen) atoms. The van der Waals surface area contributed by atoms with Crippen LogP contribution in [0, 0.1) is 0 Å². The highest BCUT2D eigenvalue weighted by molar-refractivity contribution is 6.16. The van der Waals surface area contributed by atoms with E-state index in [0.29, 0.717) is 5.88 Å². The van der Waals surface area contributed by atoms with Crippen molar-refractivity contribution in [1.82, 2.24) is 9.78 Å². The molecule has 3 aromatic rings. The summed E-state index contributed by atoms with van der Waals surface area (Å²) in [6, 6.07) is 20.6. The van der Waals surface area contributed by atoms with E-state index in [1.54, 1.807) is 0 Å². The van der Waals surface area contributed by atoms with Crippen LogP contribution in [0.1, 0.15) is 5.69 Å². The van der Waals surface area contributed by atoms with Crippen LogP contribution >= 0.6 is 11.6 Å². The molecule has 0 radical (unpaired) electrons. The highest BCUT2D eigenvalue weighted by atomic mass is 35.5. The number of alkyl halides is 1. The van der Waals surface area contributed by atoms with E-state index in [0.717, 1.165) is 11.4 Å². The van der Waals surface area contributed by atoms with Gasteiger partial charge in [0.15, 0.2) is 0 Å². The zero-order valence-electron chi connectivity index (χ0n) is 10.3. The van der Waals surface area contributed by atoms with Gasteiger partial charge in [0.2, 0.25) is 0 Å². The number of halogens is 1. The number of aromatic nitrogens is 2. The van der Waals surface area contributed by atoms with Gasteiger partial charge in [-0.3, -0.25) is 0 Å². The van der Waals surface area contributed by atoms with Crippen molar-refractivity contribution in [3.63, 3.8) is 0 Å². The smallest absolute Gasteiger partial charge is 0.0776 e. The molecule has 0 spiro atoms. The van der Waals surface area contributed by atoms with Gasteiger partial charge in [0.1, 0.15) is 0 Å². The first-order valence-electron chi connectivity index (χ1n) is 6.13. The van der Waals surface area contributed by atoms with Crippen LogP contribution in [0.25, 0.3) is 16.8 Å². The molecule has 1 aromatic heterocycles. The average Bonchev–Trinajstić information content (AvgIpc) is 2.97. The Morgan fingerprint density at radius 2 is 1.53 bits per heavy atom. The molecule has 0 amide bonds. The summed E-state index contributed by atoms with van der Waals surface area (Å²) in [5, 5.41) is 4.39. The molecule has 1 heterocycles. The molecule has 2 nitrogen and oxygen atoms in total. The summed E-state index contributed by atoms with van der Waals surface area (Å²) < 4.78 is 1.84. The Balaban J connectivity index is 1.90. The highest BCUT2D eigenvalue weighted by Crippen LogP contribution is 2.20. The Kier molecular flexibility index (Phi) is 3.34. The summed E-state index contributed by atoms with van der Waals surface area (Å²) in [7, 11) is 0. The lowest BCUT2D eigenvalue weighted by molar-refractivity contribution is 0.859. The first kappa shape index (κ1) is 12.0. The van der Waals surface area contributed by atoms with Gasteiger partial charge in [0.25, 0.3) is 0 Å². The first-order valence-corrected chi connectivity index (χ1v) is 6.66.